The zero-order valence-corrected chi connectivity index (χ0v) is 20.1. The van der Waals surface area contributed by atoms with Gasteiger partial charge < -0.3 is 28.8 Å². The van der Waals surface area contributed by atoms with Gasteiger partial charge >= 0.3 is 0 Å². The number of Topliss-reactive ketones (excluding diaryl/α,β-unsaturated/α-hetero) is 1. The van der Waals surface area contributed by atoms with Crippen molar-refractivity contribution < 1.29 is 38.4 Å². The summed E-state index contributed by atoms with van der Waals surface area (Å²) in [7, 11) is 0. The molecule has 6 rings (SSSR count). The highest BCUT2D eigenvalue weighted by Crippen LogP contribution is 2.46. The maximum Gasteiger partial charge on any atom is 0.300 e. The van der Waals surface area contributed by atoms with E-state index in [2.05, 4.69) is 0 Å². The van der Waals surface area contributed by atoms with E-state index >= 15 is 0 Å². The van der Waals surface area contributed by atoms with Crippen molar-refractivity contribution in [1.29, 1.82) is 0 Å². The van der Waals surface area contributed by atoms with E-state index in [0.717, 1.165) is 0 Å². The number of aliphatic hydroxyl groups excluding tert-OH is 1. The van der Waals surface area contributed by atoms with Gasteiger partial charge in [-0.25, -0.2) is 0 Å². The molecule has 1 unspecified atom stereocenters. The molecule has 0 spiro atoms. The van der Waals surface area contributed by atoms with Crippen molar-refractivity contribution in [3.63, 3.8) is 0 Å². The first kappa shape index (κ1) is 22.8. The van der Waals surface area contributed by atoms with Crippen LogP contribution in [-0.4, -0.2) is 36.5 Å². The molecule has 1 atom stereocenters. The van der Waals surface area contributed by atoms with Crippen LogP contribution in [0.2, 0.25) is 0 Å². The second kappa shape index (κ2) is 8.77. The van der Waals surface area contributed by atoms with Crippen molar-refractivity contribution >= 4 is 23.1 Å². The van der Waals surface area contributed by atoms with Gasteiger partial charge in [-0.3, -0.25) is 14.5 Å². The van der Waals surface area contributed by atoms with Gasteiger partial charge in [-0.05, 0) is 61.9 Å². The molecule has 9 heteroatoms. The smallest absolute Gasteiger partial charge is 0.300 e. The molecule has 188 valence electrons. The minimum Gasteiger partial charge on any atom is -0.507 e. The average molecular weight is 501 g/mol. The van der Waals surface area contributed by atoms with Crippen LogP contribution in [0.4, 0.5) is 5.69 Å². The van der Waals surface area contributed by atoms with E-state index in [9.17, 15) is 14.7 Å². The van der Waals surface area contributed by atoms with Gasteiger partial charge in [-0.15, -0.1) is 0 Å². The van der Waals surface area contributed by atoms with Crippen LogP contribution in [-0.2, 0) is 9.59 Å². The van der Waals surface area contributed by atoms with Gasteiger partial charge in [-0.2, -0.15) is 0 Å². The number of carbonyl (C=O) groups is 2. The van der Waals surface area contributed by atoms with Gasteiger partial charge in [-0.1, -0.05) is 12.1 Å². The van der Waals surface area contributed by atoms with Gasteiger partial charge in [0.1, 0.15) is 11.5 Å². The minimum absolute atomic E-state index is 0.0175. The Hall–Kier alpha value is -4.66. The minimum atomic E-state index is -0.904. The summed E-state index contributed by atoms with van der Waals surface area (Å²) in [4.78, 5) is 28.2. The summed E-state index contributed by atoms with van der Waals surface area (Å²) >= 11 is 0. The van der Waals surface area contributed by atoms with Crippen molar-refractivity contribution in [2.45, 2.75) is 26.0 Å². The highest BCUT2D eigenvalue weighted by Gasteiger charge is 2.47. The molecule has 1 amide bonds. The first-order valence-electron chi connectivity index (χ1n) is 11.8. The van der Waals surface area contributed by atoms with E-state index in [1.165, 1.54) is 4.90 Å². The van der Waals surface area contributed by atoms with Crippen LogP contribution in [0, 0.1) is 0 Å². The van der Waals surface area contributed by atoms with Crippen molar-refractivity contribution in [3.8, 4) is 28.7 Å². The van der Waals surface area contributed by atoms with Crippen molar-refractivity contribution in [2.24, 2.45) is 0 Å². The Bertz CT molecular complexity index is 1440. The molecular formula is C28H23NO8. The predicted molar refractivity (Wildman–Crippen MR) is 132 cm³/mol. The number of hydrogen-bond donors (Lipinski definition) is 1. The number of amides is 1. The summed E-state index contributed by atoms with van der Waals surface area (Å²) in [6.07, 6.45) is -0.0175. The van der Waals surface area contributed by atoms with Crippen LogP contribution < -0.4 is 28.6 Å². The molecule has 1 saturated heterocycles. The summed E-state index contributed by atoms with van der Waals surface area (Å²) in [6, 6.07) is 16.1. The molecule has 0 aliphatic carbocycles. The third kappa shape index (κ3) is 3.88. The summed E-state index contributed by atoms with van der Waals surface area (Å²) in [6.45, 7) is 3.99. The van der Waals surface area contributed by atoms with Crippen LogP contribution in [0.1, 0.15) is 31.0 Å². The average Bonchev–Trinajstić information content (AvgIpc) is 3.61. The molecule has 1 fully saturated rings. The number of benzene rings is 3. The maximum absolute atomic E-state index is 13.4. The van der Waals surface area contributed by atoms with E-state index < -0.39 is 17.7 Å². The highest BCUT2D eigenvalue weighted by atomic mass is 16.7. The molecule has 0 aromatic heterocycles. The zero-order chi connectivity index (χ0) is 25.7. The fourth-order valence-corrected chi connectivity index (χ4v) is 4.65. The summed E-state index contributed by atoms with van der Waals surface area (Å²) in [5, 5.41) is 11.4. The van der Waals surface area contributed by atoms with E-state index in [-0.39, 0.29) is 31.0 Å². The molecule has 3 aromatic rings. The third-order valence-corrected chi connectivity index (χ3v) is 6.29. The molecule has 0 saturated carbocycles. The quantitative estimate of drug-likeness (QED) is 0.308. The first-order chi connectivity index (χ1) is 17.9. The molecule has 0 bridgehead atoms. The Morgan fingerprint density at radius 2 is 1.49 bits per heavy atom. The molecule has 3 aromatic carbocycles. The first-order valence-corrected chi connectivity index (χ1v) is 11.8. The number of anilines is 1. The van der Waals surface area contributed by atoms with Crippen molar-refractivity contribution in [1.82, 2.24) is 0 Å². The second-order valence-electron chi connectivity index (χ2n) is 9.01. The van der Waals surface area contributed by atoms with Crippen LogP contribution in [0.15, 0.2) is 66.2 Å². The van der Waals surface area contributed by atoms with Gasteiger partial charge in [0.05, 0.1) is 17.7 Å². The Morgan fingerprint density at radius 1 is 0.865 bits per heavy atom. The number of hydrogen-bond acceptors (Lipinski definition) is 8. The fourth-order valence-electron chi connectivity index (χ4n) is 4.65. The Labute approximate surface area is 212 Å². The van der Waals surface area contributed by atoms with Crippen molar-refractivity contribution in [3.05, 3.63) is 77.4 Å². The number of nitrogens with zero attached hydrogens (tertiary/aromatic N) is 1. The number of rotatable bonds is 5. The summed E-state index contributed by atoms with van der Waals surface area (Å²) in [5.41, 5.74) is 1.34. The van der Waals surface area contributed by atoms with Crippen LogP contribution in [0.5, 0.6) is 28.7 Å². The molecule has 3 aliphatic rings. The zero-order valence-electron chi connectivity index (χ0n) is 20.1. The Morgan fingerprint density at radius 3 is 2.16 bits per heavy atom. The molecule has 9 nitrogen and oxygen atoms in total. The van der Waals surface area contributed by atoms with Crippen LogP contribution >= 0.6 is 0 Å². The molecule has 1 N–H and O–H groups in total. The van der Waals surface area contributed by atoms with Gasteiger partial charge in [0, 0.05) is 17.3 Å². The van der Waals surface area contributed by atoms with E-state index in [1.807, 2.05) is 13.8 Å². The third-order valence-electron chi connectivity index (χ3n) is 6.29. The Kier molecular flexibility index (Phi) is 5.40. The molecular weight excluding hydrogens is 478 g/mol. The van der Waals surface area contributed by atoms with Gasteiger partial charge in [0.15, 0.2) is 23.0 Å². The SMILES string of the molecule is CC(C)Oc1ccc(C2/C(=C(\O)c3ccc4c(c3)OCO4)C(=O)C(=O)N2c2ccc3c(c2)OCO3)cc1. The van der Waals surface area contributed by atoms with E-state index in [4.69, 9.17) is 23.7 Å². The fraction of sp³-hybridized carbons (Fsp3) is 0.214. The topological polar surface area (TPSA) is 104 Å². The predicted octanol–water partition coefficient (Wildman–Crippen LogP) is 4.56. The molecule has 3 aliphatic heterocycles. The highest BCUT2D eigenvalue weighted by molar-refractivity contribution is 6.51. The number of aliphatic hydroxyl groups is 1. The lowest BCUT2D eigenvalue weighted by Crippen LogP contribution is -2.29. The number of ketones is 1. The summed E-state index contributed by atoms with van der Waals surface area (Å²) < 4.78 is 27.4. The largest absolute Gasteiger partial charge is 0.507 e. The lowest BCUT2D eigenvalue weighted by atomic mass is 9.95. The summed E-state index contributed by atoms with van der Waals surface area (Å²) in [5.74, 6) is 0.758. The van der Waals surface area contributed by atoms with Crippen molar-refractivity contribution in [2.75, 3.05) is 18.5 Å². The normalized spacial score (nSPS) is 19.1. The maximum atomic E-state index is 13.4. The lowest BCUT2D eigenvalue weighted by Gasteiger charge is -2.26. The van der Waals surface area contributed by atoms with Gasteiger partial charge in [0.2, 0.25) is 13.6 Å². The Balaban J connectivity index is 1.49. The molecule has 37 heavy (non-hydrogen) atoms. The van der Waals surface area contributed by atoms with Crippen LogP contribution in [0.3, 0.4) is 0 Å². The van der Waals surface area contributed by atoms with Crippen LogP contribution in [0.25, 0.3) is 5.76 Å². The molecule has 3 heterocycles. The standard InChI is InChI=1S/C28H23NO8/c1-15(2)37-19-7-3-16(4-8-19)25-24(26(30)17-5-9-20-22(11-17)35-13-33-20)27(31)28(32)29(25)18-6-10-21-23(12-18)36-14-34-21/h3-12,15,25,30H,13-14H2,1-2H3/b26-24+. The lowest BCUT2D eigenvalue weighted by molar-refractivity contribution is -0.132. The van der Waals surface area contributed by atoms with E-state index in [1.54, 1.807) is 60.7 Å². The monoisotopic (exact) mass is 501 g/mol. The second-order valence-corrected chi connectivity index (χ2v) is 9.01. The number of carbonyl (C=O) groups excluding carboxylic acids is 2. The number of ether oxygens (including phenoxy) is 5. The molecule has 0 radical (unpaired) electrons. The van der Waals surface area contributed by atoms with Gasteiger partial charge in [0.25, 0.3) is 11.7 Å². The number of fused-ring (bicyclic) bond motifs is 2. The van der Waals surface area contributed by atoms with E-state index in [0.29, 0.717) is 45.6 Å².